The molecule has 0 aliphatic carbocycles. The van der Waals surface area contributed by atoms with Crippen molar-refractivity contribution in [3.05, 3.63) is 29.3 Å². The summed E-state index contributed by atoms with van der Waals surface area (Å²) in [5.74, 6) is 2.48. The van der Waals surface area contributed by atoms with Crippen molar-refractivity contribution in [3.63, 3.8) is 0 Å². The van der Waals surface area contributed by atoms with Crippen molar-refractivity contribution in [2.24, 2.45) is 0 Å². The van der Waals surface area contributed by atoms with Gasteiger partial charge in [-0.05, 0) is 19.1 Å². The predicted molar refractivity (Wildman–Crippen MR) is 49.3 cm³/mol. The second-order valence-corrected chi connectivity index (χ2v) is 2.77. The average molecular weight is 197 g/mol. The van der Waals surface area contributed by atoms with Crippen LogP contribution in [0.2, 0.25) is 0 Å². The lowest BCUT2D eigenvalue weighted by Crippen LogP contribution is -1.99. The van der Waals surface area contributed by atoms with Crippen LogP contribution in [0.1, 0.15) is 12.5 Å². The van der Waals surface area contributed by atoms with E-state index in [-0.39, 0.29) is 11.3 Å². The summed E-state index contributed by atoms with van der Waals surface area (Å²) in [6.07, 6.45) is -0.905. The first-order valence-corrected chi connectivity index (χ1v) is 3.95. The molecule has 0 aliphatic heterocycles. The Morgan fingerprint density at radius 3 is 2.64 bits per heavy atom. The van der Waals surface area contributed by atoms with Crippen LogP contribution in [0.3, 0.4) is 0 Å². The molecule has 74 valence electrons. The van der Waals surface area contributed by atoms with Gasteiger partial charge in [0.2, 0.25) is 0 Å². The molecule has 0 amide bonds. The summed E-state index contributed by atoms with van der Waals surface area (Å²) in [4.78, 5) is 0. The first-order chi connectivity index (χ1) is 6.52. The van der Waals surface area contributed by atoms with Crippen LogP contribution >= 0.6 is 0 Å². The van der Waals surface area contributed by atoms with Gasteiger partial charge in [-0.2, -0.15) is 0 Å². The van der Waals surface area contributed by atoms with Gasteiger partial charge in [-0.25, -0.2) is 8.78 Å². The highest BCUT2D eigenvalue weighted by Gasteiger charge is 2.09. The van der Waals surface area contributed by atoms with Gasteiger partial charge in [-0.3, -0.25) is 0 Å². The van der Waals surface area contributed by atoms with Crippen LogP contribution in [-0.4, -0.2) is 11.2 Å². The SMILES string of the molecule is C[C@H](O)C#Cc1c(N)ccc(F)c1F. The zero-order valence-corrected chi connectivity index (χ0v) is 7.51. The highest BCUT2D eigenvalue weighted by atomic mass is 19.2. The summed E-state index contributed by atoms with van der Waals surface area (Å²) in [6, 6.07) is 2.16. The molecule has 4 heteroatoms. The molecule has 1 aromatic carbocycles. The average Bonchev–Trinajstić information content (AvgIpc) is 2.11. The van der Waals surface area contributed by atoms with E-state index < -0.39 is 17.7 Å². The van der Waals surface area contributed by atoms with Crippen molar-refractivity contribution in [1.82, 2.24) is 0 Å². The van der Waals surface area contributed by atoms with Gasteiger partial charge in [0.15, 0.2) is 11.6 Å². The molecule has 2 nitrogen and oxygen atoms in total. The van der Waals surface area contributed by atoms with Crippen LogP contribution in [0, 0.1) is 23.5 Å². The molecular formula is C10H9F2NO. The van der Waals surface area contributed by atoms with Gasteiger partial charge < -0.3 is 10.8 Å². The lowest BCUT2D eigenvalue weighted by molar-refractivity contribution is 0.253. The maximum Gasteiger partial charge on any atom is 0.176 e. The Kier molecular flexibility index (Phi) is 3.05. The molecular weight excluding hydrogens is 188 g/mol. The van der Waals surface area contributed by atoms with E-state index in [1.54, 1.807) is 0 Å². The molecule has 0 spiro atoms. The Morgan fingerprint density at radius 2 is 2.07 bits per heavy atom. The summed E-state index contributed by atoms with van der Waals surface area (Å²) < 4.78 is 25.8. The molecule has 0 aliphatic rings. The molecule has 0 bridgehead atoms. The monoisotopic (exact) mass is 197 g/mol. The molecule has 0 saturated carbocycles. The van der Waals surface area contributed by atoms with Crippen molar-refractivity contribution in [3.8, 4) is 11.8 Å². The van der Waals surface area contributed by atoms with Gasteiger partial charge in [0.25, 0.3) is 0 Å². The molecule has 1 rings (SSSR count). The standard InChI is InChI=1S/C10H9F2NO/c1-6(14)2-3-7-9(13)5-4-8(11)10(7)12/h4-6,14H,13H2,1H3/t6-/m0/s1. The molecule has 0 unspecified atom stereocenters. The van der Waals surface area contributed by atoms with E-state index in [0.717, 1.165) is 6.07 Å². The zero-order chi connectivity index (χ0) is 10.7. The zero-order valence-electron chi connectivity index (χ0n) is 7.51. The van der Waals surface area contributed by atoms with Gasteiger partial charge in [0.1, 0.15) is 6.10 Å². The Balaban J connectivity index is 3.22. The lowest BCUT2D eigenvalue weighted by Gasteiger charge is -2.00. The van der Waals surface area contributed by atoms with Gasteiger partial charge >= 0.3 is 0 Å². The Labute approximate surface area is 80.4 Å². The molecule has 0 heterocycles. The van der Waals surface area contributed by atoms with Crippen LogP contribution in [0.5, 0.6) is 0 Å². The number of anilines is 1. The van der Waals surface area contributed by atoms with E-state index >= 15 is 0 Å². The molecule has 0 radical (unpaired) electrons. The minimum atomic E-state index is -1.09. The predicted octanol–water partition coefficient (Wildman–Crippen LogP) is 1.28. The first kappa shape index (κ1) is 10.5. The third-order valence-corrected chi connectivity index (χ3v) is 1.53. The van der Waals surface area contributed by atoms with E-state index in [1.807, 2.05) is 0 Å². The summed E-state index contributed by atoms with van der Waals surface area (Å²) in [7, 11) is 0. The van der Waals surface area contributed by atoms with Crippen LogP contribution in [0.25, 0.3) is 0 Å². The van der Waals surface area contributed by atoms with Crippen LogP contribution in [0.15, 0.2) is 12.1 Å². The first-order valence-electron chi connectivity index (χ1n) is 3.95. The number of hydrogen-bond donors (Lipinski definition) is 2. The quantitative estimate of drug-likeness (QED) is 0.486. The molecule has 0 aromatic heterocycles. The Hall–Kier alpha value is -1.60. The second kappa shape index (κ2) is 4.07. The van der Waals surface area contributed by atoms with Crippen molar-refractivity contribution < 1.29 is 13.9 Å². The van der Waals surface area contributed by atoms with Crippen molar-refractivity contribution in [1.29, 1.82) is 0 Å². The highest BCUT2D eigenvalue weighted by Crippen LogP contribution is 2.17. The van der Waals surface area contributed by atoms with E-state index in [1.165, 1.54) is 13.0 Å². The molecule has 0 fully saturated rings. The highest BCUT2D eigenvalue weighted by molar-refractivity contribution is 5.56. The number of hydrogen-bond acceptors (Lipinski definition) is 2. The topological polar surface area (TPSA) is 46.2 Å². The molecule has 3 N–H and O–H groups in total. The van der Waals surface area contributed by atoms with Gasteiger partial charge in [0.05, 0.1) is 11.3 Å². The number of aliphatic hydroxyl groups excluding tert-OH is 1. The van der Waals surface area contributed by atoms with Crippen LogP contribution < -0.4 is 5.73 Å². The second-order valence-electron chi connectivity index (χ2n) is 2.77. The van der Waals surface area contributed by atoms with E-state index in [2.05, 4.69) is 11.8 Å². The number of halogens is 2. The summed E-state index contributed by atoms with van der Waals surface area (Å²) in [5, 5.41) is 8.83. The van der Waals surface area contributed by atoms with Gasteiger partial charge in [-0.15, -0.1) is 0 Å². The summed E-state index contributed by atoms with van der Waals surface area (Å²) in [6.45, 7) is 1.42. The maximum atomic E-state index is 13.1. The summed E-state index contributed by atoms with van der Waals surface area (Å²) in [5.41, 5.74) is 5.22. The van der Waals surface area contributed by atoms with Gasteiger partial charge in [-0.1, -0.05) is 11.8 Å². The molecule has 0 saturated heterocycles. The largest absolute Gasteiger partial charge is 0.398 e. The number of rotatable bonds is 0. The van der Waals surface area contributed by atoms with E-state index in [9.17, 15) is 8.78 Å². The van der Waals surface area contributed by atoms with Gasteiger partial charge in [0, 0.05) is 0 Å². The van der Waals surface area contributed by atoms with Crippen molar-refractivity contribution in [2.75, 3.05) is 5.73 Å². The summed E-state index contributed by atoms with van der Waals surface area (Å²) >= 11 is 0. The van der Waals surface area contributed by atoms with Crippen LogP contribution in [-0.2, 0) is 0 Å². The number of aliphatic hydroxyl groups is 1. The lowest BCUT2D eigenvalue weighted by atomic mass is 10.1. The molecule has 1 atom stereocenters. The van der Waals surface area contributed by atoms with E-state index in [0.29, 0.717) is 0 Å². The maximum absolute atomic E-state index is 13.1. The molecule has 14 heavy (non-hydrogen) atoms. The fourth-order valence-corrected chi connectivity index (χ4v) is 0.869. The Morgan fingerprint density at radius 1 is 1.43 bits per heavy atom. The normalized spacial score (nSPS) is 11.7. The smallest absolute Gasteiger partial charge is 0.176 e. The fourth-order valence-electron chi connectivity index (χ4n) is 0.869. The minimum Gasteiger partial charge on any atom is -0.398 e. The van der Waals surface area contributed by atoms with E-state index in [4.69, 9.17) is 10.8 Å². The number of nitrogens with two attached hydrogens (primary N) is 1. The third-order valence-electron chi connectivity index (χ3n) is 1.53. The third kappa shape index (κ3) is 2.21. The number of nitrogen functional groups attached to an aromatic ring is 1. The van der Waals surface area contributed by atoms with Crippen molar-refractivity contribution >= 4 is 5.69 Å². The molecule has 1 aromatic rings. The Bertz CT molecular complexity index is 405. The van der Waals surface area contributed by atoms with Crippen LogP contribution in [0.4, 0.5) is 14.5 Å². The minimum absolute atomic E-state index is 0.0528. The van der Waals surface area contributed by atoms with Crippen molar-refractivity contribution in [2.45, 2.75) is 13.0 Å². The number of benzene rings is 1. The fraction of sp³-hybridized carbons (Fsp3) is 0.200.